The van der Waals surface area contributed by atoms with E-state index in [4.69, 9.17) is 4.74 Å². The Bertz CT molecular complexity index is 865. The van der Waals surface area contributed by atoms with Crippen LogP contribution in [-0.4, -0.2) is 65.1 Å². The molecule has 1 N–H and O–H groups in total. The molecule has 152 valence electrons. The van der Waals surface area contributed by atoms with Crippen LogP contribution in [0.25, 0.3) is 0 Å². The molecule has 0 bridgehead atoms. The van der Waals surface area contributed by atoms with Crippen LogP contribution in [0.3, 0.4) is 0 Å². The first-order valence-corrected chi connectivity index (χ1v) is 11.5. The molecule has 6 nitrogen and oxygen atoms in total. The van der Waals surface area contributed by atoms with E-state index >= 15 is 0 Å². The number of likely N-dealkylation sites (N-methyl/N-ethyl adjacent to an activating group) is 1. The summed E-state index contributed by atoms with van der Waals surface area (Å²) >= 11 is 3.34. The van der Waals surface area contributed by atoms with Crippen LogP contribution in [0.2, 0.25) is 0 Å². The van der Waals surface area contributed by atoms with Crippen LogP contribution in [0.5, 0.6) is 5.75 Å². The molecule has 0 amide bonds. The van der Waals surface area contributed by atoms with E-state index in [0.29, 0.717) is 6.54 Å². The van der Waals surface area contributed by atoms with Crippen molar-refractivity contribution in [2.75, 3.05) is 46.9 Å². The maximum absolute atomic E-state index is 12.7. The van der Waals surface area contributed by atoms with Crippen LogP contribution in [0.4, 0.5) is 0 Å². The van der Waals surface area contributed by atoms with E-state index in [1.54, 1.807) is 31.4 Å². The van der Waals surface area contributed by atoms with Crippen molar-refractivity contribution in [1.82, 2.24) is 14.5 Å². The molecule has 0 aliphatic carbocycles. The molecule has 2 aromatic carbocycles. The normalized spacial score (nSPS) is 17.4. The van der Waals surface area contributed by atoms with Crippen LogP contribution in [0, 0.1) is 0 Å². The molecule has 0 radical (unpaired) electrons. The van der Waals surface area contributed by atoms with Crippen molar-refractivity contribution in [3.63, 3.8) is 0 Å². The zero-order valence-corrected chi connectivity index (χ0v) is 18.5. The molecule has 2 aromatic rings. The molecule has 1 saturated heterocycles. The lowest BCUT2D eigenvalue weighted by molar-refractivity contribution is 0.113. The molecule has 1 aliphatic heterocycles. The van der Waals surface area contributed by atoms with Crippen LogP contribution in [-0.2, 0) is 10.0 Å². The number of halogens is 1. The SMILES string of the molecule is COc1ccc(C(CNS(=O)(=O)c2ccc(Br)cc2)N2CCN(C)CC2)cc1. The van der Waals surface area contributed by atoms with Gasteiger partial charge in [-0.3, -0.25) is 4.90 Å². The lowest BCUT2D eigenvalue weighted by Gasteiger charge is -2.38. The molecule has 0 saturated carbocycles. The number of hydrogen-bond donors (Lipinski definition) is 1. The number of hydrogen-bond acceptors (Lipinski definition) is 5. The van der Waals surface area contributed by atoms with Gasteiger partial charge in [-0.15, -0.1) is 0 Å². The first kappa shape index (κ1) is 21.3. The third kappa shape index (κ3) is 5.33. The number of nitrogens with one attached hydrogen (secondary N) is 1. The smallest absolute Gasteiger partial charge is 0.240 e. The molecule has 0 spiro atoms. The number of nitrogens with zero attached hydrogens (tertiary/aromatic N) is 2. The van der Waals surface area contributed by atoms with Gasteiger partial charge in [0.2, 0.25) is 10.0 Å². The van der Waals surface area contributed by atoms with Crippen molar-refractivity contribution in [3.05, 3.63) is 58.6 Å². The second kappa shape index (κ2) is 9.37. The van der Waals surface area contributed by atoms with Gasteiger partial charge < -0.3 is 9.64 Å². The Morgan fingerprint density at radius 2 is 1.64 bits per heavy atom. The summed E-state index contributed by atoms with van der Waals surface area (Å²) in [5.74, 6) is 0.788. The molecule has 1 aliphatic rings. The lowest BCUT2D eigenvalue weighted by Crippen LogP contribution is -2.48. The molecule has 8 heteroatoms. The van der Waals surface area contributed by atoms with Crippen LogP contribution in [0.15, 0.2) is 57.9 Å². The standard InChI is InChI=1S/C20H26BrN3O3S/c1-23-11-13-24(14-12-23)20(16-3-7-18(27-2)8-4-16)15-22-28(25,26)19-9-5-17(21)6-10-19/h3-10,20,22H,11-15H2,1-2H3. The summed E-state index contributed by atoms with van der Waals surface area (Å²) in [6.45, 7) is 4.03. The Kier molecular flexibility index (Phi) is 7.11. The highest BCUT2D eigenvalue weighted by atomic mass is 79.9. The van der Waals surface area contributed by atoms with Crippen molar-refractivity contribution in [1.29, 1.82) is 0 Å². The maximum Gasteiger partial charge on any atom is 0.240 e. The summed E-state index contributed by atoms with van der Waals surface area (Å²) in [7, 11) is 0.170. The van der Waals surface area contributed by atoms with Gasteiger partial charge in [-0.05, 0) is 49.0 Å². The van der Waals surface area contributed by atoms with Crippen molar-refractivity contribution >= 4 is 26.0 Å². The molecule has 0 aromatic heterocycles. The Hall–Kier alpha value is -1.45. The first-order valence-electron chi connectivity index (χ1n) is 9.21. The van der Waals surface area contributed by atoms with Gasteiger partial charge in [-0.1, -0.05) is 28.1 Å². The second-order valence-electron chi connectivity index (χ2n) is 6.93. The Balaban J connectivity index is 1.79. The molecule has 1 fully saturated rings. The van der Waals surface area contributed by atoms with Gasteiger partial charge in [-0.25, -0.2) is 13.1 Å². The lowest BCUT2D eigenvalue weighted by atomic mass is 10.0. The fourth-order valence-electron chi connectivity index (χ4n) is 3.30. The van der Waals surface area contributed by atoms with Crippen molar-refractivity contribution in [2.45, 2.75) is 10.9 Å². The summed E-state index contributed by atoms with van der Waals surface area (Å²) < 4.78 is 34.4. The fourth-order valence-corrected chi connectivity index (χ4v) is 4.61. The molecular weight excluding hydrogens is 442 g/mol. The predicted octanol–water partition coefficient (Wildman–Crippen LogP) is 2.72. The topological polar surface area (TPSA) is 61.9 Å². The summed E-state index contributed by atoms with van der Waals surface area (Å²) in [6, 6.07) is 14.5. The molecule has 3 rings (SSSR count). The van der Waals surface area contributed by atoms with E-state index in [1.807, 2.05) is 24.3 Å². The van der Waals surface area contributed by atoms with Gasteiger partial charge in [0, 0.05) is 43.2 Å². The van der Waals surface area contributed by atoms with Gasteiger partial charge in [-0.2, -0.15) is 0 Å². The van der Waals surface area contributed by atoms with Gasteiger partial charge >= 0.3 is 0 Å². The molecule has 1 atom stereocenters. The summed E-state index contributed by atoms with van der Waals surface area (Å²) in [4.78, 5) is 4.89. The van der Waals surface area contributed by atoms with Gasteiger partial charge in [0.25, 0.3) is 0 Å². The fraction of sp³-hybridized carbons (Fsp3) is 0.400. The third-order valence-electron chi connectivity index (χ3n) is 5.07. The van der Waals surface area contributed by atoms with E-state index in [-0.39, 0.29) is 10.9 Å². The minimum absolute atomic E-state index is 0.0372. The minimum Gasteiger partial charge on any atom is -0.497 e. The van der Waals surface area contributed by atoms with Crippen molar-refractivity contribution in [3.8, 4) is 5.75 Å². The number of benzene rings is 2. The first-order chi connectivity index (χ1) is 13.4. The highest BCUT2D eigenvalue weighted by Gasteiger charge is 2.26. The van der Waals surface area contributed by atoms with Crippen LogP contribution >= 0.6 is 15.9 Å². The monoisotopic (exact) mass is 467 g/mol. The average Bonchev–Trinajstić information content (AvgIpc) is 2.70. The van der Waals surface area contributed by atoms with Gasteiger partial charge in [0.05, 0.1) is 12.0 Å². The zero-order valence-electron chi connectivity index (χ0n) is 16.1. The van der Waals surface area contributed by atoms with E-state index < -0.39 is 10.0 Å². The Labute approximate surface area is 175 Å². The molecule has 28 heavy (non-hydrogen) atoms. The zero-order chi connectivity index (χ0) is 20.1. The van der Waals surface area contributed by atoms with E-state index in [9.17, 15) is 8.42 Å². The Morgan fingerprint density at radius 1 is 1.04 bits per heavy atom. The van der Waals surface area contributed by atoms with Gasteiger partial charge in [0.1, 0.15) is 5.75 Å². The number of sulfonamides is 1. The summed E-state index contributed by atoms with van der Waals surface area (Å²) in [5.41, 5.74) is 1.07. The number of methoxy groups -OCH3 is 1. The summed E-state index contributed by atoms with van der Waals surface area (Å²) in [5, 5.41) is 0. The second-order valence-corrected chi connectivity index (χ2v) is 9.62. The van der Waals surface area contributed by atoms with Crippen molar-refractivity contribution < 1.29 is 13.2 Å². The highest BCUT2D eigenvalue weighted by Crippen LogP contribution is 2.25. The van der Waals surface area contributed by atoms with Crippen molar-refractivity contribution in [2.24, 2.45) is 0 Å². The molecular formula is C20H26BrN3O3S. The van der Waals surface area contributed by atoms with Crippen LogP contribution in [0.1, 0.15) is 11.6 Å². The quantitative estimate of drug-likeness (QED) is 0.677. The number of rotatable bonds is 7. The van der Waals surface area contributed by atoms with E-state index in [0.717, 1.165) is 42.0 Å². The Morgan fingerprint density at radius 3 is 2.21 bits per heavy atom. The predicted molar refractivity (Wildman–Crippen MR) is 114 cm³/mol. The van der Waals surface area contributed by atoms with Crippen LogP contribution < -0.4 is 9.46 Å². The van der Waals surface area contributed by atoms with E-state index in [1.165, 1.54) is 0 Å². The largest absolute Gasteiger partial charge is 0.497 e. The highest BCUT2D eigenvalue weighted by molar-refractivity contribution is 9.10. The van der Waals surface area contributed by atoms with E-state index in [2.05, 4.69) is 37.5 Å². The molecule has 1 unspecified atom stereocenters. The summed E-state index contributed by atoms with van der Waals surface area (Å²) in [6.07, 6.45) is 0. The number of ether oxygens (including phenoxy) is 1. The number of piperazine rings is 1. The average molecular weight is 468 g/mol. The third-order valence-corrected chi connectivity index (χ3v) is 7.04. The minimum atomic E-state index is -3.57. The molecule has 1 heterocycles. The maximum atomic E-state index is 12.7. The van der Waals surface area contributed by atoms with Gasteiger partial charge in [0.15, 0.2) is 0 Å².